The first-order valence-electron chi connectivity index (χ1n) is 9.16. The van der Waals surface area contributed by atoms with Crippen molar-refractivity contribution in [2.75, 3.05) is 11.4 Å². The van der Waals surface area contributed by atoms with E-state index in [9.17, 15) is 5.11 Å². The predicted molar refractivity (Wildman–Crippen MR) is 97.0 cm³/mol. The number of nitrogens with zero attached hydrogens (tertiary/aromatic N) is 2. The quantitative estimate of drug-likeness (QED) is 0.906. The number of rotatable bonds is 2. The van der Waals surface area contributed by atoms with Gasteiger partial charge in [-0.25, -0.2) is 4.98 Å². The maximum absolute atomic E-state index is 11.6. The highest BCUT2D eigenvalue weighted by atomic mass is 16.3. The van der Waals surface area contributed by atoms with Crippen LogP contribution in [0.2, 0.25) is 0 Å². The highest BCUT2D eigenvalue weighted by molar-refractivity contribution is 5.44. The van der Waals surface area contributed by atoms with Crippen molar-refractivity contribution in [3.8, 4) is 0 Å². The van der Waals surface area contributed by atoms with Gasteiger partial charge in [-0.3, -0.25) is 0 Å². The molecule has 2 aliphatic rings. The van der Waals surface area contributed by atoms with Gasteiger partial charge in [-0.2, -0.15) is 0 Å². The van der Waals surface area contributed by atoms with E-state index in [1.165, 1.54) is 18.4 Å². The molecular formula is C21H26N2O. The van der Waals surface area contributed by atoms with Crippen LogP contribution < -0.4 is 4.90 Å². The molecular weight excluding hydrogens is 296 g/mol. The van der Waals surface area contributed by atoms with Gasteiger partial charge >= 0.3 is 0 Å². The van der Waals surface area contributed by atoms with Gasteiger partial charge in [0.15, 0.2) is 0 Å². The van der Waals surface area contributed by atoms with Crippen molar-refractivity contribution in [1.29, 1.82) is 0 Å². The van der Waals surface area contributed by atoms with Gasteiger partial charge < -0.3 is 10.0 Å². The van der Waals surface area contributed by atoms with E-state index in [0.717, 1.165) is 37.2 Å². The molecule has 0 radical (unpaired) electrons. The number of aryl methyl sites for hydroxylation is 1. The van der Waals surface area contributed by atoms with Gasteiger partial charge in [0.25, 0.3) is 0 Å². The fourth-order valence-corrected chi connectivity index (χ4v) is 4.73. The first-order valence-corrected chi connectivity index (χ1v) is 9.16. The largest absolute Gasteiger partial charge is 0.385 e. The summed E-state index contributed by atoms with van der Waals surface area (Å²) >= 11 is 0. The number of fused-ring (bicyclic) bond motifs is 1. The van der Waals surface area contributed by atoms with Gasteiger partial charge in [-0.15, -0.1) is 0 Å². The van der Waals surface area contributed by atoms with Crippen molar-refractivity contribution < 1.29 is 5.11 Å². The first kappa shape index (κ1) is 15.6. The molecule has 3 unspecified atom stereocenters. The van der Waals surface area contributed by atoms with E-state index in [0.29, 0.717) is 6.04 Å². The van der Waals surface area contributed by atoms with Gasteiger partial charge in [-0.1, -0.05) is 43.2 Å². The molecule has 4 rings (SSSR count). The van der Waals surface area contributed by atoms with Crippen LogP contribution in [0.15, 0.2) is 48.7 Å². The van der Waals surface area contributed by atoms with E-state index < -0.39 is 5.60 Å². The molecule has 1 N–H and O–H groups in total. The van der Waals surface area contributed by atoms with Crippen LogP contribution in [0.25, 0.3) is 0 Å². The minimum atomic E-state index is -0.702. The van der Waals surface area contributed by atoms with Gasteiger partial charge in [0.1, 0.15) is 5.82 Å². The second-order valence-electron chi connectivity index (χ2n) is 7.38. The third-order valence-electron chi connectivity index (χ3n) is 5.95. The lowest BCUT2D eigenvalue weighted by molar-refractivity contribution is -0.0690. The Bertz CT molecular complexity index is 702. The summed E-state index contributed by atoms with van der Waals surface area (Å²) in [7, 11) is 0. The zero-order valence-corrected chi connectivity index (χ0v) is 14.4. The zero-order valence-electron chi connectivity index (χ0n) is 14.4. The average molecular weight is 322 g/mol. The lowest BCUT2D eigenvalue weighted by Crippen LogP contribution is -2.57. The standard InChI is InChI=1S/C21H26N2O/c1-16-11-13-22-20(15-16)23-14-12-21(24,17-7-3-2-4-8-17)18-9-5-6-10-19(18)23/h2-4,7-8,11,13,15,18-19,24H,5-6,9-10,12,14H2,1H3. The van der Waals surface area contributed by atoms with Gasteiger partial charge in [0.2, 0.25) is 0 Å². The Morgan fingerprint density at radius 1 is 1.12 bits per heavy atom. The third kappa shape index (κ3) is 2.61. The van der Waals surface area contributed by atoms with Crippen LogP contribution in [0.5, 0.6) is 0 Å². The Balaban J connectivity index is 1.70. The van der Waals surface area contributed by atoms with Crippen LogP contribution in [0.3, 0.4) is 0 Å². The number of anilines is 1. The molecule has 3 nitrogen and oxygen atoms in total. The van der Waals surface area contributed by atoms with Gasteiger partial charge in [-0.05, 0) is 49.4 Å². The number of aromatic nitrogens is 1. The summed E-state index contributed by atoms with van der Waals surface area (Å²) < 4.78 is 0. The lowest BCUT2D eigenvalue weighted by atomic mass is 9.66. The SMILES string of the molecule is Cc1ccnc(N2CCC(O)(c3ccccc3)C3CCCCC32)c1. The molecule has 1 aromatic heterocycles. The van der Waals surface area contributed by atoms with E-state index >= 15 is 0 Å². The summed E-state index contributed by atoms with van der Waals surface area (Å²) in [5, 5.41) is 11.6. The lowest BCUT2D eigenvalue weighted by Gasteiger charge is -2.53. The number of pyridine rings is 1. The van der Waals surface area contributed by atoms with Crippen LogP contribution in [0.4, 0.5) is 5.82 Å². The van der Waals surface area contributed by atoms with Crippen molar-refractivity contribution in [3.63, 3.8) is 0 Å². The van der Waals surface area contributed by atoms with Crippen LogP contribution in [0.1, 0.15) is 43.2 Å². The number of aliphatic hydroxyl groups is 1. The summed E-state index contributed by atoms with van der Waals surface area (Å²) in [4.78, 5) is 7.07. The van der Waals surface area contributed by atoms with E-state index in [4.69, 9.17) is 0 Å². The molecule has 0 amide bonds. The second kappa shape index (κ2) is 6.21. The maximum atomic E-state index is 11.6. The van der Waals surface area contributed by atoms with Crippen LogP contribution in [0, 0.1) is 12.8 Å². The monoisotopic (exact) mass is 322 g/mol. The van der Waals surface area contributed by atoms with Crippen molar-refractivity contribution in [3.05, 3.63) is 59.8 Å². The molecule has 1 saturated heterocycles. The number of piperidine rings is 1. The van der Waals surface area contributed by atoms with Crippen molar-refractivity contribution in [2.45, 2.75) is 50.7 Å². The molecule has 2 heterocycles. The molecule has 126 valence electrons. The van der Waals surface area contributed by atoms with Crippen molar-refractivity contribution in [2.24, 2.45) is 5.92 Å². The molecule has 1 aliphatic heterocycles. The molecule has 3 atom stereocenters. The minimum absolute atomic E-state index is 0.282. The molecule has 2 aromatic rings. The molecule has 1 aromatic carbocycles. The molecule has 2 fully saturated rings. The second-order valence-corrected chi connectivity index (χ2v) is 7.38. The summed E-state index contributed by atoms with van der Waals surface area (Å²) in [5.41, 5.74) is 1.63. The smallest absolute Gasteiger partial charge is 0.128 e. The topological polar surface area (TPSA) is 36.4 Å². The van der Waals surface area contributed by atoms with Crippen molar-refractivity contribution >= 4 is 5.82 Å². The normalized spacial score (nSPS) is 30.0. The summed E-state index contributed by atoms with van der Waals surface area (Å²) in [5.74, 6) is 1.35. The minimum Gasteiger partial charge on any atom is -0.385 e. The van der Waals surface area contributed by atoms with Crippen LogP contribution in [-0.4, -0.2) is 22.7 Å². The van der Waals surface area contributed by atoms with E-state index in [2.05, 4.69) is 35.0 Å². The van der Waals surface area contributed by atoms with Crippen molar-refractivity contribution in [1.82, 2.24) is 4.98 Å². The Labute approximate surface area is 144 Å². The fourth-order valence-electron chi connectivity index (χ4n) is 4.73. The Hall–Kier alpha value is -1.87. The predicted octanol–water partition coefficient (Wildman–Crippen LogP) is 4.05. The highest BCUT2D eigenvalue weighted by Crippen LogP contribution is 2.47. The zero-order chi connectivity index (χ0) is 16.6. The molecule has 1 aliphatic carbocycles. The molecule has 0 bridgehead atoms. The number of benzene rings is 1. The summed E-state index contributed by atoms with van der Waals surface area (Å²) in [6, 6.07) is 14.9. The Kier molecular flexibility index (Phi) is 4.05. The van der Waals surface area contributed by atoms with Crippen LogP contribution in [-0.2, 0) is 5.60 Å². The van der Waals surface area contributed by atoms with E-state index in [-0.39, 0.29) is 5.92 Å². The Morgan fingerprint density at radius 2 is 1.92 bits per heavy atom. The first-order chi connectivity index (χ1) is 11.7. The van der Waals surface area contributed by atoms with Gasteiger partial charge in [0.05, 0.1) is 5.60 Å². The number of hydrogen-bond acceptors (Lipinski definition) is 3. The molecule has 24 heavy (non-hydrogen) atoms. The summed E-state index contributed by atoms with van der Waals surface area (Å²) in [6.07, 6.45) is 7.38. The molecule has 0 spiro atoms. The van der Waals surface area contributed by atoms with Crippen LogP contribution >= 0.6 is 0 Å². The van der Waals surface area contributed by atoms with Gasteiger partial charge in [0, 0.05) is 24.7 Å². The Morgan fingerprint density at radius 3 is 2.71 bits per heavy atom. The highest BCUT2D eigenvalue weighted by Gasteiger charge is 2.49. The van der Waals surface area contributed by atoms with E-state index in [1.54, 1.807) is 0 Å². The molecule has 1 saturated carbocycles. The fraction of sp³-hybridized carbons (Fsp3) is 0.476. The number of hydrogen-bond donors (Lipinski definition) is 1. The molecule has 3 heteroatoms. The third-order valence-corrected chi connectivity index (χ3v) is 5.95. The average Bonchev–Trinajstić information content (AvgIpc) is 2.63. The van der Waals surface area contributed by atoms with E-state index in [1.807, 2.05) is 30.5 Å². The maximum Gasteiger partial charge on any atom is 0.128 e. The summed E-state index contributed by atoms with van der Waals surface area (Å²) in [6.45, 7) is 2.98.